The van der Waals surface area contributed by atoms with E-state index in [2.05, 4.69) is 35.6 Å². The molecule has 2 aromatic rings. The summed E-state index contributed by atoms with van der Waals surface area (Å²) < 4.78 is 11.5. The van der Waals surface area contributed by atoms with Gasteiger partial charge in [-0.15, -0.1) is 0 Å². The van der Waals surface area contributed by atoms with Crippen molar-refractivity contribution in [2.45, 2.75) is 51.8 Å². The van der Waals surface area contributed by atoms with Crippen molar-refractivity contribution in [2.75, 3.05) is 57.3 Å². The molecule has 1 N–H and O–H groups in total. The van der Waals surface area contributed by atoms with E-state index in [1.807, 2.05) is 42.5 Å². The summed E-state index contributed by atoms with van der Waals surface area (Å²) in [6.07, 6.45) is 2.58. The van der Waals surface area contributed by atoms with Crippen LogP contribution < -0.4 is 9.64 Å². The summed E-state index contributed by atoms with van der Waals surface area (Å²) >= 11 is 0. The maximum atomic E-state index is 12.4. The summed E-state index contributed by atoms with van der Waals surface area (Å²) in [6, 6.07) is 13.8. The van der Waals surface area contributed by atoms with Crippen LogP contribution in [0.3, 0.4) is 0 Å². The largest absolute Gasteiger partial charge is 0.476 e. The molecule has 216 valence electrons. The molecule has 10 nitrogen and oxygen atoms in total. The van der Waals surface area contributed by atoms with Crippen LogP contribution in [0.25, 0.3) is 0 Å². The number of carbonyl (C=O) groups excluding carboxylic acids is 1. The van der Waals surface area contributed by atoms with E-state index in [0.29, 0.717) is 38.7 Å². The number of ether oxygens (including phenoxy) is 2. The second-order valence-corrected chi connectivity index (χ2v) is 12.1. The predicted molar refractivity (Wildman–Crippen MR) is 152 cm³/mol. The lowest BCUT2D eigenvalue weighted by atomic mass is 9.71. The molecule has 2 bridgehead atoms. The van der Waals surface area contributed by atoms with E-state index in [9.17, 15) is 14.7 Å². The molecule has 40 heavy (non-hydrogen) atoms. The fraction of sp³-hybridized carbons (Fsp3) is 0.567. The molecular weight excluding hydrogens is 510 g/mol. The third-order valence-electron chi connectivity index (χ3n) is 8.76. The van der Waals surface area contributed by atoms with Crippen molar-refractivity contribution in [1.29, 1.82) is 0 Å². The lowest BCUT2D eigenvalue weighted by Crippen LogP contribution is -2.67. The van der Waals surface area contributed by atoms with Crippen LogP contribution in [0.2, 0.25) is 0 Å². The van der Waals surface area contributed by atoms with E-state index in [1.54, 1.807) is 16.0 Å². The number of anilines is 1. The monoisotopic (exact) mass is 551 g/mol. The zero-order chi connectivity index (χ0) is 28.3. The highest BCUT2D eigenvalue weighted by Gasteiger charge is 2.58. The van der Waals surface area contributed by atoms with E-state index in [1.165, 1.54) is 0 Å². The fourth-order valence-corrected chi connectivity index (χ4v) is 6.42. The van der Waals surface area contributed by atoms with Crippen LogP contribution >= 0.6 is 0 Å². The van der Waals surface area contributed by atoms with E-state index in [0.717, 1.165) is 43.7 Å². The van der Waals surface area contributed by atoms with Crippen LogP contribution in [0.15, 0.2) is 48.7 Å². The van der Waals surface area contributed by atoms with Gasteiger partial charge in [0.15, 0.2) is 0 Å². The Morgan fingerprint density at radius 3 is 2.52 bits per heavy atom. The highest BCUT2D eigenvalue weighted by atomic mass is 16.6. The first kappa shape index (κ1) is 28.0. The van der Waals surface area contributed by atoms with Gasteiger partial charge in [0.25, 0.3) is 0 Å². The normalized spacial score (nSPS) is 23.3. The van der Waals surface area contributed by atoms with E-state index >= 15 is 0 Å². The van der Waals surface area contributed by atoms with Gasteiger partial charge in [0.05, 0.1) is 5.54 Å². The van der Waals surface area contributed by atoms with Crippen LogP contribution in [0.1, 0.15) is 39.2 Å². The van der Waals surface area contributed by atoms with E-state index < -0.39 is 6.09 Å². The molecular formula is C30H41N5O5. The molecule has 3 saturated heterocycles. The average molecular weight is 552 g/mol. The van der Waals surface area contributed by atoms with Gasteiger partial charge in [-0.1, -0.05) is 51.1 Å². The van der Waals surface area contributed by atoms with Crippen LogP contribution in [-0.2, 0) is 11.3 Å². The topological polar surface area (TPSA) is 98.7 Å². The number of likely N-dealkylation sites (tertiary alicyclic amines) is 1. The Morgan fingerprint density at radius 1 is 1.07 bits per heavy atom. The SMILES string of the molecule is CC(C)(C)C12CCC(CN(C(=O)O)C1)N2c1ccnc(OCCN2CCN(C(=O)OCc3ccccc3)CC2)c1. The molecule has 3 fully saturated rings. The maximum absolute atomic E-state index is 12.4. The Balaban J connectivity index is 1.12. The summed E-state index contributed by atoms with van der Waals surface area (Å²) in [5.74, 6) is 0.574. The summed E-state index contributed by atoms with van der Waals surface area (Å²) in [5, 5.41) is 9.74. The number of amides is 2. The van der Waals surface area contributed by atoms with Gasteiger partial charge in [0.1, 0.15) is 13.2 Å². The summed E-state index contributed by atoms with van der Waals surface area (Å²) in [5.41, 5.74) is 1.62. The minimum absolute atomic E-state index is 0.115. The lowest BCUT2D eigenvalue weighted by molar-refractivity contribution is 0.0681. The molecule has 2 unspecified atom stereocenters. The van der Waals surface area contributed by atoms with Crippen molar-refractivity contribution in [3.63, 3.8) is 0 Å². The zero-order valence-electron chi connectivity index (χ0n) is 23.8. The first-order valence-corrected chi connectivity index (χ1v) is 14.2. The van der Waals surface area contributed by atoms with E-state index in [4.69, 9.17) is 9.47 Å². The molecule has 1 aromatic carbocycles. The minimum atomic E-state index is -0.844. The Bertz CT molecular complexity index is 1180. The number of fused-ring (bicyclic) bond motifs is 2. The molecule has 2 atom stereocenters. The summed E-state index contributed by atoms with van der Waals surface area (Å²) in [6.45, 7) is 11.9. The first-order chi connectivity index (χ1) is 19.2. The average Bonchev–Trinajstić information content (AvgIpc) is 3.19. The van der Waals surface area contributed by atoms with Crippen molar-refractivity contribution >= 4 is 17.9 Å². The van der Waals surface area contributed by atoms with E-state index in [-0.39, 0.29) is 29.7 Å². The van der Waals surface area contributed by atoms with Gasteiger partial charge in [0.2, 0.25) is 5.88 Å². The lowest BCUT2D eigenvalue weighted by Gasteiger charge is -2.56. The van der Waals surface area contributed by atoms with Crippen molar-refractivity contribution in [2.24, 2.45) is 5.41 Å². The molecule has 3 aliphatic rings. The minimum Gasteiger partial charge on any atom is -0.476 e. The third-order valence-corrected chi connectivity index (χ3v) is 8.76. The number of benzene rings is 1. The van der Waals surface area contributed by atoms with Crippen LogP contribution in [0.4, 0.5) is 15.3 Å². The summed E-state index contributed by atoms with van der Waals surface area (Å²) in [7, 11) is 0. The fourth-order valence-electron chi connectivity index (χ4n) is 6.42. The van der Waals surface area contributed by atoms with Gasteiger partial charge in [-0.05, 0) is 29.9 Å². The van der Waals surface area contributed by atoms with Crippen LogP contribution in [0.5, 0.6) is 5.88 Å². The number of piperazine rings is 2. The van der Waals surface area contributed by atoms with Crippen molar-refractivity contribution < 1.29 is 24.2 Å². The Hall–Kier alpha value is -3.53. The molecule has 4 heterocycles. The van der Waals surface area contributed by atoms with Crippen molar-refractivity contribution in [3.8, 4) is 5.88 Å². The van der Waals surface area contributed by atoms with Gasteiger partial charge < -0.3 is 29.3 Å². The molecule has 5 rings (SSSR count). The first-order valence-electron chi connectivity index (χ1n) is 14.2. The number of hydrogen-bond acceptors (Lipinski definition) is 7. The number of rotatable bonds is 7. The van der Waals surface area contributed by atoms with Gasteiger partial charge >= 0.3 is 12.2 Å². The molecule has 10 heteroatoms. The van der Waals surface area contributed by atoms with Gasteiger partial charge in [-0.3, -0.25) is 4.90 Å². The maximum Gasteiger partial charge on any atom is 0.410 e. The van der Waals surface area contributed by atoms with Crippen molar-refractivity contribution in [3.05, 3.63) is 54.2 Å². The molecule has 1 aromatic heterocycles. The van der Waals surface area contributed by atoms with Gasteiger partial charge in [0, 0.05) is 69.8 Å². The zero-order valence-corrected chi connectivity index (χ0v) is 23.8. The number of nitrogens with zero attached hydrogens (tertiary/aromatic N) is 5. The summed E-state index contributed by atoms with van der Waals surface area (Å²) in [4.78, 5) is 36.8. The number of carboxylic acid groups (broad SMARTS) is 1. The Kier molecular flexibility index (Phi) is 8.07. The van der Waals surface area contributed by atoms with Crippen LogP contribution in [0, 0.1) is 5.41 Å². The van der Waals surface area contributed by atoms with Crippen LogP contribution in [-0.4, -0.2) is 101 Å². The number of aromatic nitrogens is 1. The molecule has 0 saturated carbocycles. The highest BCUT2D eigenvalue weighted by Crippen LogP contribution is 2.51. The molecule has 0 spiro atoms. The molecule has 2 amide bonds. The molecule has 0 radical (unpaired) electrons. The standard InChI is InChI=1S/C30H41N5O5/c1-29(2,3)30-11-9-25(20-34(22-30)27(36)37)35(30)24-10-12-31-26(19-24)39-18-17-32-13-15-33(16-14-32)28(38)40-21-23-7-5-4-6-8-23/h4-8,10,12,19,25H,9,11,13-18,20-22H2,1-3H3,(H,36,37). The molecule has 0 aliphatic carbocycles. The number of hydrogen-bond donors (Lipinski definition) is 1. The number of carbonyl (C=O) groups is 2. The number of pyridine rings is 1. The second-order valence-electron chi connectivity index (χ2n) is 12.1. The highest BCUT2D eigenvalue weighted by molar-refractivity contribution is 5.68. The quantitative estimate of drug-likeness (QED) is 0.548. The Morgan fingerprint density at radius 2 is 1.82 bits per heavy atom. The smallest absolute Gasteiger partial charge is 0.410 e. The predicted octanol–water partition coefficient (Wildman–Crippen LogP) is 4.16. The third kappa shape index (κ3) is 5.82. The van der Waals surface area contributed by atoms with Gasteiger partial charge in [-0.25, -0.2) is 14.6 Å². The van der Waals surface area contributed by atoms with Gasteiger partial charge in [-0.2, -0.15) is 0 Å². The second kappa shape index (κ2) is 11.5. The van der Waals surface area contributed by atoms with Crippen molar-refractivity contribution in [1.82, 2.24) is 19.7 Å². The molecule has 3 aliphatic heterocycles. The Labute approximate surface area is 236 Å².